The van der Waals surface area contributed by atoms with E-state index < -0.39 is 51.1 Å². The van der Waals surface area contributed by atoms with Crippen LogP contribution in [-0.4, -0.2) is 0 Å². The monoisotopic (exact) mass is 548 g/mol. The van der Waals surface area contributed by atoms with E-state index in [1.54, 1.807) is 69.2 Å². The van der Waals surface area contributed by atoms with Gasteiger partial charge in [0, 0.05) is 22.3 Å². The van der Waals surface area contributed by atoms with Crippen LogP contribution in [0.5, 0.6) is 0 Å². The summed E-state index contributed by atoms with van der Waals surface area (Å²) in [5.41, 5.74) is -0.269. The molecule has 0 aliphatic heterocycles. The third-order valence-corrected chi connectivity index (χ3v) is 5.61. The van der Waals surface area contributed by atoms with Crippen LogP contribution in [0.1, 0.15) is 90.1 Å². The minimum atomic E-state index is -0.578. The number of benzene rings is 3. The molecule has 0 aliphatic rings. The summed E-state index contributed by atoms with van der Waals surface area (Å²) < 4.78 is 79.9. The van der Waals surface area contributed by atoms with Crippen molar-refractivity contribution in [2.75, 3.05) is 0 Å². The molecule has 3 aromatic carbocycles. The summed E-state index contributed by atoms with van der Waals surface area (Å²) in [7, 11) is 0. The number of halogens is 6. The van der Waals surface area contributed by atoms with Crippen LogP contribution in [0.3, 0.4) is 0 Å². The molecular formula is C33H38F6. The zero-order chi connectivity index (χ0) is 30.5. The highest BCUT2D eigenvalue weighted by Gasteiger charge is 2.24. The molecule has 3 rings (SSSR count). The Hall–Kier alpha value is -3.20. The van der Waals surface area contributed by atoms with Gasteiger partial charge in [-0.1, -0.05) is 74.3 Å². The van der Waals surface area contributed by atoms with Gasteiger partial charge in [-0.2, -0.15) is 0 Å². The third-order valence-electron chi connectivity index (χ3n) is 5.61. The first kappa shape index (κ1) is 33.8. The smallest absolute Gasteiger partial charge is 0.131 e. The Morgan fingerprint density at radius 1 is 0.513 bits per heavy atom. The lowest BCUT2D eigenvalue weighted by molar-refractivity contribution is 0.474. The van der Waals surface area contributed by atoms with Gasteiger partial charge < -0.3 is 0 Å². The molecule has 0 saturated heterocycles. The third kappa shape index (κ3) is 9.49. The van der Waals surface area contributed by atoms with Crippen LogP contribution >= 0.6 is 0 Å². The van der Waals surface area contributed by atoms with Gasteiger partial charge in [0.05, 0.1) is 0 Å². The van der Waals surface area contributed by atoms with Crippen molar-refractivity contribution in [1.29, 1.82) is 0 Å². The molecule has 0 unspecified atom stereocenters. The maximum Gasteiger partial charge on any atom is 0.131 e. The highest BCUT2D eigenvalue weighted by atomic mass is 19.2. The van der Waals surface area contributed by atoms with Crippen molar-refractivity contribution < 1.29 is 26.3 Å². The number of hydrogen-bond acceptors (Lipinski definition) is 0. The van der Waals surface area contributed by atoms with Gasteiger partial charge in [0.25, 0.3) is 0 Å². The summed E-state index contributed by atoms with van der Waals surface area (Å²) >= 11 is 0. The highest BCUT2D eigenvalue weighted by molar-refractivity contribution is 5.38. The van der Waals surface area contributed by atoms with Crippen molar-refractivity contribution in [3.8, 4) is 12.3 Å². The van der Waals surface area contributed by atoms with Crippen molar-refractivity contribution in [1.82, 2.24) is 0 Å². The molecular weight excluding hydrogens is 510 g/mol. The quantitative estimate of drug-likeness (QED) is 0.194. The first-order valence-corrected chi connectivity index (χ1v) is 12.5. The number of terminal acetylenes is 1. The largest absolute Gasteiger partial charge is 0.207 e. The van der Waals surface area contributed by atoms with Crippen LogP contribution in [0, 0.1) is 54.2 Å². The van der Waals surface area contributed by atoms with E-state index in [2.05, 4.69) is 5.92 Å². The molecule has 0 bridgehead atoms. The SMILES string of the molecule is C#Cc1cc(F)c(C(C)(C)C)c(F)c1.CC(C)(C)c1c(F)cccc1F.Cc1cc(F)c(C(C)(C)C)c(F)c1. The minimum Gasteiger partial charge on any atom is -0.207 e. The van der Waals surface area contributed by atoms with Crippen LogP contribution in [-0.2, 0) is 16.2 Å². The van der Waals surface area contributed by atoms with E-state index in [4.69, 9.17) is 6.42 Å². The molecule has 0 N–H and O–H groups in total. The standard InChI is InChI=1S/C12H12F2.C11H14F2.C10H12F2/c1-5-8-6-9(13)11(10(14)7-8)12(2,3)4;1-7-5-8(12)10(9(13)6-7)11(2,3)4;1-10(2,3)9-7(11)5-4-6-8(9)12/h1,6-7H,2-4H3;5-6H,1-4H3;4-6H,1-3H3. The molecule has 212 valence electrons. The molecule has 6 heteroatoms. The van der Waals surface area contributed by atoms with Crippen molar-refractivity contribution >= 4 is 0 Å². The molecule has 0 heterocycles. The second-order valence-corrected chi connectivity index (χ2v) is 12.4. The zero-order valence-corrected chi connectivity index (χ0v) is 24.4. The molecule has 0 radical (unpaired) electrons. The fourth-order valence-corrected chi connectivity index (χ4v) is 4.00. The van der Waals surface area contributed by atoms with Gasteiger partial charge in [-0.25, -0.2) is 26.3 Å². The van der Waals surface area contributed by atoms with Gasteiger partial charge in [0.2, 0.25) is 0 Å². The second-order valence-electron chi connectivity index (χ2n) is 12.4. The second kappa shape index (κ2) is 12.8. The Morgan fingerprint density at radius 2 is 0.795 bits per heavy atom. The van der Waals surface area contributed by atoms with E-state index in [0.29, 0.717) is 5.56 Å². The predicted molar refractivity (Wildman–Crippen MR) is 148 cm³/mol. The van der Waals surface area contributed by atoms with Crippen LogP contribution in [0.15, 0.2) is 42.5 Å². The summed E-state index contributed by atoms with van der Waals surface area (Å²) in [6.07, 6.45) is 5.06. The van der Waals surface area contributed by atoms with Crippen LogP contribution in [0.2, 0.25) is 0 Å². The van der Waals surface area contributed by atoms with E-state index in [-0.39, 0.29) is 22.3 Å². The summed E-state index contributed by atoms with van der Waals surface area (Å²) in [5, 5.41) is 0. The lowest BCUT2D eigenvalue weighted by atomic mass is 9.85. The van der Waals surface area contributed by atoms with Crippen molar-refractivity contribution in [2.24, 2.45) is 0 Å². The van der Waals surface area contributed by atoms with E-state index in [0.717, 1.165) is 0 Å². The maximum atomic E-state index is 13.5. The topological polar surface area (TPSA) is 0 Å². The Bertz CT molecular complexity index is 1260. The molecule has 39 heavy (non-hydrogen) atoms. The van der Waals surface area contributed by atoms with Gasteiger partial charge in [-0.3, -0.25) is 0 Å². The number of aryl methyl sites for hydroxylation is 1. The van der Waals surface area contributed by atoms with Gasteiger partial charge >= 0.3 is 0 Å². The summed E-state index contributed by atoms with van der Waals surface area (Å²) in [6, 6.07) is 9.04. The summed E-state index contributed by atoms with van der Waals surface area (Å²) in [6.45, 7) is 17.7. The number of rotatable bonds is 0. The molecule has 0 saturated carbocycles. The van der Waals surface area contributed by atoms with E-state index in [9.17, 15) is 26.3 Å². The van der Waals surface area contributed by atoms with Crippen LogP contribution in [0.25, 0.3) is 0 Å². The zero-order valence-electron chi connectivity index (χ0n) is 24.4. The normalized spacial score (nSPS) is 11.6. The van der Waals surface area contributed by atoms with Crippen molar-refractivity contribution in [3.05, 3.63) is 105 Å². The van der Waals surface area contributed by atoms with Crippen LogP contribution in [0.4, 0.5) is 26.3 Å². The summed E-state index contributed by atoms with van der Waals surface area (Å²) in [4.78, 5) is 0. The van der Waals surface area contributed by atoms with Gasteiger partial charge in [-0.15, -0.1) is 6.42 Å². The van der Waals surface area contributed by atoms with Crippen molar-refractivity contribution in [3.63, 3.8) is 0 Å². The highest BCUT2D eigenvalue weighted by Crippen LogP contribution is 2.30. The Kier molecular flexibility index (Phi) is 11.1. The molecule has 0 fully saturated rings. The average Bonchev–Trinajstić information content (AvgIpc) is 2.70. The number of hydrogen-bond donors (Lipinski definition) is 0. The van der Waals surface area contributed by atoms with E-state index >= 15 is 0 Å². The van der Waals surface area contributed by atoms with Gasteiger partial charge in [-0.05, 0) is 65.1 Å². The molecule has 0 aromatic heterocycles. The minimum absolute atomic E-state index is 0.0801. The lowest BCUT2D eigenvalue weighted by Gasteiger charge is -2.20. The lowest BCUT2D eigenvalue weighted by Crippen LogP contribution is -2.16. The Labute approximate surface area is 229 Å². The van der Waals surface area contributed by atoms with Gasteiger partial charge in [0.1, 0.15) is 34.9 Å². The Balaban J connectivity index is 0.000000293. The summed E-state index contributed by atoms with van der Waals surface area (Å²) in [5.74, 6) is -0.797. The average molecular weight is 549 g/mol. The van der Waals surface area contributed by atoms with Crippen LogP contribution < -0.4 is 0 Å². The molecule has 3 aromatic rings. The molecule has 0 spiro atoms. The first-order valence-electron chi connectivity index (χ1n) is 12.5. The fourth-order valence-electron chi connectivity index (χ4n) is 4.00. The first-order chi connectivity index (χ1) is 17.6. The predicted octanol–water partition coefficient (Wildman–Crippen LogP) is 10.1. The van der Waals surface area contributed by atoms with Gasteiger partial charge in [0.15, 0.2) is 0 Å². The molecule has 0 nitrogen and oxygen atoms in total. The van der Waals surface area contributed by atoms with Crippen molar-refractivity contribution in [2.45, 2.75) is 85.5 Å². The maximum absolute atomic E-state index is 13.5. The molecule has 0 amide bonds. The fraction of sp³-hybridized carbons (Fsp3) is 0.394. The Morgan fingerprint density at radius 3 is 1.05 bits per heavy atom. The van der Waals surface area contributed by atoms with E-state index in [1.807, 2.05) is 0 Å². The molecule has 0 atom stereocenters. The van der Waals surface area contributed by atoms with E-state index in [1.165, 1.54) is 42.5 Å². The molecule has 0 aliphatic carbocycles.